The molecule has 752 valence electrons. The molecule has 0 amide bonds. The number of nitrogen functional groups attached to an aromatic ring is 1. The molecule has 0 saturated carbocycles. The maximum Gasteiger partial charge on any atom is 1.00 e. The number of H-pyrrole nitrogens is 2. The van der Waals surface area contributed by atoms with Gasteiger partial charge in [-0.15, -0.1) is 0 Å². The molecule has 2 atom stereocenters. The number of aromatic nitrogens is 3. The van der Waals surface area contributed by atoms with Crippen LogP contribution in [0.25, 0.3) is 77.9 Å². The third kappa shape index (κ3) is 34.4. The molecule has 149 heavy (non-hydrogen) atoms. The number of pyridine rings is 3. The molecule has 0 radical (unpaired) electrons. The van der Waals surface area contributed by atoms with E-state index in [1.165, 1.54) is 55.6 Å². The number of rotatable bonds is 28. The van der Waals surface area contributed by atoms with Crippen LogP contribution in [-0.4, -0.2) is 75.8 Å². The van der Waals surface area contributed by atoms with Crippen LogP contribution in [0.3, 0.4) is 0 Å². The van der Waals surface area contributed by atoms with Gasteiger partial charge in [-0.2, -0.15) is 0 Å². The maximum absolute atomic E-state index is 12.5. The van der Waals surface area contributed by atoms with Gasteiger partial charge in [0.05, 0.1) is 31.0 Å². The Morgan fingerprint density at radius 3 is 1.24 bits per heavy atom. The monoisotopic (exact) mass is 2050 g/mol. The summed E-state index contributed by atoms with van der Waals surface area (Å²) >= 11 is 3.55. The molecular weight excluding hydrogens is 1930 g/mol. The van der Waals surface area contributed by atoms with Gasteiger partial charge in [-0.3, -0.25) is 33.8 Å². The zero-order valence-electron chi connectivity index (χ0n) is 85.8. The van der Waals surface area contributed by atoms with Crippen LogP contribution in [-0.2, 0) is 66.9 Å². The first kappa shape index (κ1) is 112. The van der Waals surface area contributed by atoms with Gasteiger partial charge in [0, 0.05) is 126 Å². The molecule has 2 aliphatic rings. The normalized spacial score (nSPS) is 12.2. The Bertz CT molecular complexity index is 7420. The molecule has 5 heterocycles. The number of anilines is 3. The summed E-state index contributed by atoms with van der Waals surface area (Å²) in [5.74, 6) is 0.203. The van der Waals surface area contributed by atoms with Gasteiger partial charge in [0.25, 0.3) is 6.47 Å². The van der Waals surface area contributed by atoms with E-state index in [0.29, 0.717) is 32.0 Å². The summed E-state index contributed by atoms with van der Waals surface area (Å²) < 4.78 is 23.6. The molecule has 18 aromatic rings. The van der Waals surface area contributed by atoms with Crippen molar-refractivity contribution in [1.29, 1.82) is 0 Å². The van der Waals surface area contributed by atoms with Crippen molar-refractivity contribution < 1.29 is 73.0 Å². The number of carbonyl (C=O) groups excluding carboxylic acids is 3. The Balaban J connectivity index is 0.000000156. The van der Waals surface area contributed by atoms with Crippen molar-refractivity contribution >= 4 is 95.3 Å². The predicted octanol–water partition coefficient (Wildman–Crippen LogP) is 24.7. The number of carbonyl (C=O) groups is 3. The number of nitrogens with one attached hydrogen (secondary N) is 4. The van der Waals surface area contributed by atoms with Crippen LogP contribution in [0.5, 0.6) is 5.75 Å². The van der Waals surface area contributed by atoms with E-state index in [9.17, 15) is 19.2 Å². The standard InChI is InChI=1S/C27H28N2O.C23H20BrNO.C23H21NO.C20H22N2O.C16H13NO.C11H12O3.C7H9N.CH2O3.Na/c1-3-29(4-2)19-22-15-16-25-24(17-22)27(30-20-21-11-7-5-8-12-21)18-26(28-25)23-13-9-6-10-14-23;24-15-18-11-12-21-20(13-18)23(26-16-17-7-3-1-4-8-17)14-22(25-21)19-9-5-2-6-10-19;1-17-12-13-21-20(14-17)23(25-16-18-8-4-2-5-9-18)15-22(24-21)19-10-6-3-7-11-19;1-3-22(4-2)14-15-10-11-18-17(12-15)20(23)13-19(21-18)16-8-6-5-7-9-16;1-11-7-8-14-13(9-11)16(18)10-15(17-14)12-5-3-2-4-6-12;1-2-14-11(13)8-10(12)9-6-4-3-5-7-9;1-6-2-4-7(8)5-3-6;2-1-4-3;/h5-18H,3-4,19-20H2,1-2H3;1-14,23,25H,15-16H2;2-15,23-24H,16H2,1H3;5-13H,3-4,14H2,1-2H3,(H,21,23);2-10H,1H3,(H,17,18);3-7H,2,8H2,1H3;2-5H,8H2,1H3;1,3H;/q;;;;;;;;+1/p-1. The minimum absolute atomic E-state index is 0. The molecule has 0 aliphatic carbocycles. The van der Waals surface area contributed by atoms with E-state index in [2.05, 4.69) is 267 Å². The molecule has 21 heteroatoms. The number of aryl methyl sites for hydroxylation is 3. The summed E-state index contributed by atoms with van der Waals surface area (Å²) in [4.78, 5) is 74.7. The smallest absolute Gasteiger partial charge is 0.662 e. The van der Waals surface area contributed by atoms with Gasteiger partial charge >= 0.3 is 35.5 Å². The Hall–Kier alpha value is -15.3. The van der Waals surface area contributed by atoms with Gasteiger partial charge in [-0.25, -0.2) is 4.98 Å². The number of Topliss-reactive ketones (excluding diaryl/α,β-unsaturated/α-hetero) is 1. The van der Waals surface area contributed by atoms with Crippen molar-refractivity contribution in [2.24, 2.45) is 0 Å². The molecule has 2 aliphatic heterocycles. The van der Waals surface area contributed by atoms with Crippen LogP contribution in [0.15, 0.2) is 428 Å². The number of halogens is 1. The fourth-order valence-corrected chi connectivity index (χ4v) is 16.9. The number of hydrogen-bond donors (Lipinski definition) is 5. The molecule has 0 bridgehead atoms. The van der Waals surface area contributed by atoms with E-state index < -0.39 is 5.97 Å². The van der Waals surface area contributed by atoms with Crippen molar-refractivity contribution in [2.45, 2.75) is 112 Å². The van der Waals surface area contributed by atoms with Gasteiger partial charge in [0.15, 0.2) is 16.6 Å². The minimum Gasteiger partial charge on any atom is -0.662 e. The topological polar surface area (TPSA) is 256 Å². The number of nitrogens with two attached hydrogens (primary N) is 1. The number of alkyl halides is 1. The van der Waals surface area contributed by atoms with Crippen LogP contribution in [0.2, 0.25) is 0 Å². The molecule has 20 rings (SSSR count). The Morgan fingerprint density at radius 2 is 0.792 bits per heavy atom. The Kier molecular flexibility index (Phi) is 44.9. The van der Waals surface area contributed by atoms with E-state index in [-0.39, 0.29) is 71.3 Å². The number of nitrogens with zero attached hydrogens (tertiary/aromatic N) is 3. The third-order valence-electron chi connectivity index (χ3n) is 24.6. The zero-order valence-corrected chi connectivity index (χ0v) is 89.4. The van der Waals surface area contributed by atoms with Gasteiger partial charge < -0.3 is 55.4 Å². The van der Waals surface area contributed by atoms with E-state index in [0.717, 1.165) is 162 Å². The van der Waals surface area contributed by atoms with Crippen molar-refractivity contribution in [3.8, 4) is 39.5 Å². The van der Waals surface area contributed by atoms with E-state index in [1.54, 1.807) is 43.3 Å². The van der Waals surface area contributed by atoms with Crippen molar-refractivity contribution in [3.63, 3.8) is 0 Å². The van der Waals surface area contributed by atoms with Gasteiger partial charge in [0.2, 0.25) is 0 Å². The Labute approximate surface area is 904 Å². The average Bonchev–Trinajstić information content (AvgIpc) is 0.798. The second-order valence-corrected chi connectivity index (χ2v) is 35.8. The summed E-state index contributed by atoms with van der Waals surface area (Å²) in [6, 6.07) is 135. The van der Waals surface area contributed by atoms with E-state index in [1.807, 2.05) is 220 Å². The SMILES string of the molecule is BrCc1ccc2c(c1)C(OCc1ccccc1)C=C(c1ccccc1)N2.CCN(CC)Cc1ccc2[nH]c(-c3ccccc3)cc(=O)c2c1.CCN(CC)Cc1ccc2nc(-c3ccccc3)cc(OCc3ccccc3)c2c1.CCOC(=O)CC(=O)c1ccccc1.Cc1ccc(N)cc1.Cc1ccc2[nH]c(-c3ccccc3)cc(=O)c2c1.Cc1ccc2c(c1)C(OCc1ccccc1)C=C(c1ccccc1)N2.O=CO[O-].[Na+]. The van der Waals surface area contributed by atoms with Crippen LogP contribution in [0.4, 0.5) is 17.1 Å². The van der Waals surface area contributed by atoms with Crippen LogP contribution in [0.1, 0.15) is 136 Å². The third-order valence-corrected chi connectivity index (χ3v) is 25.2. The number of hydrogen-bond acceptors (Lipinski definition) is 17. The summed E-state index contributed by atoms with van der Waals surface area (Å²) in [6.45, 7) is 24.3. The summed E-state index contributed by atoms with van der Waals surface area (Å²) in [5.41, 5.74) is 35.4. The molecule has 19 nitrogen and oxygen atoms in total. The van der Waals surface area contributed by atoms with Crippen LogP contribution >= 0.6 is 15.9 Å². The zero-order chi connectivity index (χ0) is 104. The van der Waals surface area contributed by atoms with Crippen molar-refractivity contribution in [1.82, 2.24) is 24.8 Å². The maximum atomic E-state index is 12.5. The quantitative estimate of drug-likeness (QED) is 0.00351. The van der Waals surface area contributed by atoms with E-state index in [4.69, 9.17) is 35.0 Å². The number of ether oxygens (including phenoxy) is 4. The van der Waals surface area contributed by atoms with Crippen LogP contribution in [0, 0.1) is 20.8 Å². The molecule has 15 aromatic carbocycles. The molecule has 0 fully saturated rings. The largest absolute Gasteiger partial charge is 1.00 e. The van der Waals surface area contributed by atoms with Crippen molar-refractivity contribution in [3.05, 3.63) is 517 Å². The summed E-state index contributed by atoms with van der Waals surface area (Å²) in [6.07, 6.45) is 4.03. The first-order valence-corrected chi connectivity index (χ1v) is 50.9. The number of ketones is 1. The predicted molar refractivity (Wildman–Crippen MR) is 605 cm³/mol. The number of fused-ring (bicyclic) bond motifs is 5. The molecular formula is C128H126BrN8NaO11. The molecule has 0 saturated heterocycles. The van der Waals surface area contributed by atoms with Gasteiger partial charge in [-0.1, -0.05) is 382 Å². The molecule has 6 N–H and O–H groups in total. The average molecular weight is 2060 g/mol. The van der Waals surface area contributed by atoms with Crippen molar-refractivity contribution in [2.75, 3.05) is 49.2 Å². The number of esters is 1. The fraction of sp³-hybridized carbons (Fsp3) is 0.172. The summed E-state index contributed by atoms with van der Waals surface area (Å²) in [5, 5.41) is 18.9. The molecule has 2 unspecified atom stereocenters. The number of aromatic amines is 2. The molecule has 3 aromatic heterocycles. The second-order valence-electron chi connectivity index (χ2n) is 35.3. The first-order chi connectivity index (χ1) is 72.3. The van der Waals surface area contributed by atoms with Crippen LogP contribution < -0.4 is 66.8 Å². The number of benzene rings is 15. The Morgan fingerprint density at radius 1 is 0.409 bits per heavy atom. The van der Waals surface area contributed by atoms with Gasteiger partial charge in [-0.05, 0) is 188 Å². The fourth-order valence-electron chi connectivity index (χ4n) is 16.6. The van der Waals surface area contributed by atoms with Gasteiger partial charge in [0.1, 0.15) is 31.0 Å². The first-order valence-electron chi connectivity index (χ1n) is 49.8. The van der Waals surface area contributed by atoms with E-state index >= 15 is 0 Å². The summed E-state index contributed by atoms with van der Waals surface area (Å²) in [7, 11) is 0. The molecule has 0 spiro atoms. The minimum atomic E-state index is -0.471. The second kappa shape index (κ2) is 59.5.